The molecule has 84 valence electrons. The van der Waals surface area contributed by atoms with Crippen LogP contribution in [0.4, 0.5) is 0 Å². The zero-order valence-electron chi connectivity index (χ0n) is 9.38. The van der Waals surface area contributed by atoms with E-state index in [2.05, 4.69) is 12.2 Å². The minimum absolute atomic E-state index is 0.0264. The summed E-state index contributed by atoms with van der Waals surface area (Å²) >= 11 is 1.90. The summed E-state index contributed by atoms with van der Waals surface area (Å²) in [5.74, 6) is 2.20. The van der Waals surface area contributed by atoms with E-state index in [0.717, 1.165) is 17.9 Å². The van der Waals surface area contributed by atoms with Crippen molar-refractivity contribution in [2.75, 3.05) is 11.5 Å². The minimum Gasteiger partial charge on any atom is -0.352 e. The van der Waals surface area contributed by atoms with Gasteiger partial charge in [0, 0.05) is 6.04 Å². The molecular formula is C10H22N2OS. The van der Waals surface area contributed by atoms with Gasteiger partial charge in [-0.25, -0.2) is 0 Å². The highest BCUT2D eigenvalue weighted by atomic mass is 32.2. The third-order valence-electron chi connectivity index (χ3n) is 2.06. The van der Waals surface area contributed by atoms with Crippen LogP contribution >= 0.6 is 11.8 Å². The first-order valence-corrected chi connectivity index (χ1v) is 6.40. The van der Waals surface area contributed by atoms with Crippen LogP contribution in [-0.4, -0.2) is 29.5 Å². The van der Waals surface area contributed by atoms with E-state index in [1.807, 2.05) is 25.6 Å². The number of nitrogens with two attached hydrogens (primary N) is 1. The molecule has 0 aliphatic carbocycles. The van der Waals surface area contributed by atoms with Gasteiger partial charge in [-0.15, -0.1) is 0 Å². The molecule has 3 N–H and O–H groups in total. The van der Waals surface area contributed by atoms with Crippen molar-refractivity contribution in [1.29, 1.82) is 0 Å². The number of hydrogen-bond acceptors (Lipinski definition) is 3. The lowest BCUT2D eigenvalue weighted by atomic mass is 10.2. The number of nitrogens with one attached hydrogen (secondary N) is 1. The fourth-order valence-electron chi connectivity index (χ4n) is 1.01. The van der Waals surface area contributed by atoms with Gasteiger partial charge < -0.3 is 11.1 Å². The fraction of sp³-hybridized carbons (Fsp3) is 0.900. The first-order valence-electron chi connectivity index (χ1n) is 5.25. The Morgan fingerprint density at radius 2 is 2.14 bits per heavy atom. The Balaban J connectivity index is 3.60. The number of rotatable bonds is 7. The normalized spacial score (nSPS) is 14.9. The zero-order chi connectivity index (χ0) is 11.0. The van der Waals surface area contributed by atoms with Crippen LogP contribution in [-0.2, 0) is 4.79 Å². The summed E-state index contributed by atoms with van der Waals surface area (Å²) in [7, 11) is 0. The lowest BCUT2D eigenvalue weighted by Crippen LogP contribution is -2.44. The maximum atomic E-state index is 11.4. The van der Waals surface area contributed by atoms with Crippen LogP contribution in [0, 0.1) is 0 Å². The van der Waals surface area contributed by atoms with Gasteiger partial charge in [0.2, 0.25) is 5.91 Å². The molecule has 0 aromatic carbocycles. The Hall–Kier alpha value is -0.220. The number of hydrogen-bond donors (Lipinski definition) is 2. The Kier molecular flexibility index (Phi) is 7.99. The molecule has 0 saturated carbocycles. The van der Waals surface area contributed by atoms with Gasteiger partial charge in [-0.05, 0) is 31.3 Å². The van der Waals surface area contributed by atoms with Crippen molar-refractivity contribution in [3.8, 4) is 0 Å². The Morgan fingerprint density at radius 3 is 2.64 bits per heavy atom. The fourth-order valence-corrected chi connectivity index (χ4v) is 1.82. The molecule has 2 atom stereocenters. The van der Waals surface area contributed by atoms with E-state index in [9.17, 15) is 4.79 Å². The third kappa shape index (κ3) is 6.27. The first-order chi connectivity index (χ1) is 6.61. The monoisotopic (exact) mass is 218 g/mol. The molecular weight excluding hydrogens is 196 g/mol. The van der Waals surface area contributed by atoms with Crippen LogP contribution in [0.3, 0.4) is 0 Å². The summed E-state index contributed by atoms with van der Waals surface area (Å²) in [6.07, 6.45) is 1.71. The van der Waals surface area contributed by atoms with Crippen molar-refractivity contribution in [3.05, 3.63) is 0 Å². The number of carbonyl (C=O) groups is 1. The highest BCUT2D eigenvalue weighted by Crippen LogP contribution is 2.03. The van der Waals surface area contributed by atoms with E-state index in [0.29, 0.717) is 6.42 Å². The van der Waals surface area contributed by atoms with Crippen molar-refractivity contribution in [3.63, 3.8) is 0 Å². The second kappa shape index (κ2) is 8.12. The van der Waals surface area contributed by atoms with Crippen LogP contribution < -0.4 is 11.1 Å². The van der Waals surface area contributed by atoms with Gasteiger partial charge in [-0.1, -0.05) is 13.8 Å². The molecule has 14 heavy (non-hydrogen) atoms. The molecule has 0 rings (SSSR count). The van der Waals surface area contributed by atoms with E-state index in [-0.39, 0.29) is 18.0 Å². The van der Waals surface area contributed by atoms with Crippen molar-refractivity contribution in [2.24, 2.45) is 5.73 Å². The smallest absolute Gasteiger partial charge is 0.237 e. The second-order valence-corrected chi connectivity index (χ2v) is 4.80. The largest absolute Gasteiger partial charge is 0.352 e. The molecule has 1 unspecified atom stereocenters. The summed E-state index contributed by atoms with van der Waals surface area (Å²) in [6, 6.07) is -0.115. The highest BCUT2D eigenvalue weighted by molar-refractivity contribution is 7.99. The molecule has 0 spiro atoms. The highest BCUT2D eigenvalue weighted by Gasteiger charge is 2.12. The molecule has 0 aliphatic rings. The van der Waals surface area contributed by atoms with Gasteiger partial charge in [-0.2, -0.15) is 11.8 Å². The van der Waals surface area contributed by atoms with Gasteiger partial charge in [0.25, 0.3) is 0 Å². The maximum Gasteiger partial charge on any atom is 0.237 e. The Labute approximate surface area is 91.2 Å². The number of carbonyl (C=O) groups excluding carboxylic acids is 1. The summed E-state index contributed by atoms with van der Waals surface area (Å²) in [5, 5.41) is 2.91. The topological polar surface area (TPSA) is 55.1 Å². The van der Waals surface area contributed by atoms with Crippen molar-refractivity contribution < 1.29 is 4.79 Å². The summed E-state index contributed by atoms with van der Waals surface area (Å²) < 4.78 is 0. The van der Waals surface area contributed by atoms with Crippen LogP contribution in [0.2, 0.25) is 0 Å². The predicted octanol–water partition coefficient (Wildman–Crippen LogP) is 1.37. The Morgan fingerprint density at radius 1 is 1.50 bits per heavy atom. The van der Waals surface area contributed by atoms with Gasteiger partial charge in [0.15, 0.2) is 0 Å². The molecule has 3 nitrogen and oxygen atoms in total. The molecule has 0 bridgehead atoms. The second-order valence-electron chi connectivity index (χ2n) is 3.41. The lowest BCUT2D eigenvalue weighted by Gasteiger charge is -2.16. The predicted molar refractivity (Wildman–Crippen MR) is 63.5 cm³/mol. The molecule has 0 heterocycles. The quantitative estimate of drug-likeness (QED) is 0.635. The van der Waals surface area contributed by atoms with E-state index in [4.69, 9.17) is 5.73 Å². The maximum absolute atomic E-state index is 11.4. The standard InChI is InChI=1S/C10H22N2OS/c1-4-9(11)10(13)12-8(3)6-7-14-5-2/h8-9H,4-7,11H2,1-3H3,(H,12,13)/t8?,9-/m1/s1. The van der Waals surface area contributed by atoms with Gasteiger partial charge in [-0.3, -0.25) is 4.79 Å². The molecule has 4 heteroatoms. The SMILES string of the molecule is CCSCCC(C)NC(=O)[C@H](N)CC. The molecule has 0 fully saturated rings. The van der Waals surface area contributed by atoms with E-state index in [1.54, 1.807) is 0 Å². The van der Waals surface area contributed by atoms with Crippen LogP contribution in [0.25, 0.3) is 0 Å². The van der Waals surface area contributed by atoms with E-state index < -0.39 is 0 Å². The van der Waals surface area contributed by atoms with Crippen LogP contribution in [0.15, 0.2) is 0 Å². The van der Waals surface area contributed by atoms with E-state index >= 15 is 0 Å². The average Bonchev–Trinajstić information content (AvgIpc) is 2.16. The molecule has 0 saturated heterocycles. The summed E-state index contributed by atoms with van der Waals surface area (Å²) in [4.78, 5) is 11.4. The molecule has 0 aromatic heterocycles. The zero-order valence-corrected chi connectivity index (χ0v) is 10.2. The number of amides is 1. The van der Waals surface area contributed by atoms with Gasteiger partial charge in [0.1, 0.15) is 0 Å². The summed E-state index contributed by atoms with van der Waals surface area (Å²) in [5.41, 5.74) is 5.60. The first kappa shape index (κ1) is 13.8. The van der Waals surface area contributed by atoms with Crippen LogP contribution in [0.5, 0.6) is 0 Å². The van der Waals surface area contributed by atoms with Gasteiger partial charge >= 0.3 is 0 Å². The average molecular weight is 218 g/mol. The van der Waals surface area contributed by atoms with Crippen molar-refractivity contribution >= 4 is 17.7 Å². The van der Waals surface area contributed by atoms with Crippen molar-refractivity contribution in [1.82, 2.24) is 5.32 Å². The lowest BCUT2D eigenvalue weighted by molar-refractivity contribution is -0.123. The van der Waals surface area contributed by atoms with Gasteiger partial charge in [0.05, 0.1) is 6.04 Å². The summed E-state index contributed by atoms with van der Waals surface area (Å²) in [6.45, 7) is 6.08. The molecule has 0 radical (unpaired) electrons. The van der Waals surface area contributed by atoms with Crippen LogP contribution in [0.1, 0.15) is 33.6 Å². The third-order valence-corrected chi connectivity index (χ3v) is 3.00. The number of thioether (sulfide) groups is 1. The minimum atomic E-state index is -0.351. The van der Waals surface area contributed by atoms with E-state index in [1.165, 1.54) is 0 Å². The molecule has 1 amide bonds. The molecule has 0 aliphatic heterocycles. The van der Waals surface area contributed by atoms with Crippen molar-refractivity contribution in [2.45, 2.75) is 45.7 Å². The molecule has 0 aromatic rings. The Bertz CT molecular complexity index is 164.